The van der Waals surface area contributed by atoms with Gasteiger partial charge in [-0.25, -0.2) is 0 Å². The van der Waals surface area contributed by atoms with Gasteiger partial charge in [0.15, 0.2) is 5.82 Å². The molecule has 0 unspecified atom stereocenters. The van der Waals surface area contributed by atoms with Gasteiger partial charge in [0.05, 0.1) is 17.9 Å². The summed E-state index contributed by atoms with van der Waals surface area (Å²) in [5, 5.41) is 11.2. The summed E-state index contributed by atoms with van der Waals surface area (Å²) in [6.07, 6.45) is 1.29. The first-order chi connectivity index (χ1) is 8.09. The summed E-state index contributed by atoms with van der Waals surface area (Å²) in [6.45, 7) is 4.57. The predicted molar refractivity (Wildman–Crippen MR) is 63.3 cm³/mol. The monoisotopic (exact) mass is 236 g/mol. The molecule has 0 aliphatic heterocycles. The Morgan fingerprint density at radius 2 is 2.29 bits per heavy atom. The molecule has 0 spiro atoms. The number of nitrogens with zero attached hydrogens (tertiary/aromatic N) is 4. The van der Waals surface area contributed by atoms with E-state index >= 15 is 0 Å². The molecule has 2 rings (SSSR count). The Hall–Kier alpha value is -2.05. The van der Waals surface area contributed by atoms with Crippen LogP contribution >= 0.6 is 0 Å². The lowest BCUT2D eigenvalue weighted by Crippen LogP contribution is -2.07. The molecule has 0 saturated heterocycles. The van der Waals surface area contributed by atoms with Gasteiger partial charge in [-0.1, -0.05) is 19.0 Å². The van der Waals surface area contributed by atoms with E-state index < -0.39 is 0 Å². The number of aromatic nitrogens is 4. The second kappa shape index (κ2) is 4.44. The van der Waals surface area contributed by atoms with Crippen molar-refractivity contribution in [1.29, 1.82) is 0 Å². The minimum atomic E-state index is 0.293. The van der Waals surface area contributed by atoms with Crippen LogP contribution in [0.4, 0.5) is 11.5 Å². The number of hydrogen-bond donors (Lipinski definition) is 2. The molecule has 0 fully saturated rings. The van der Waals surface area contributed by atoms with Crippen molar-refractivity contribution >= 4 is 11.5 Å². The second-order valence-corrected chi connectivity index (χ2v) is 4.13. The fourth-order valence-corrected chi connectivity index (χ4v) is 1.63. The highest BCUT2D eigenvalue weighted by Gasteiger charge is 2.15. The third-order valence-corrected chi connectivity index (χ3v) is 2.48. The van der Waals surface area contributed by atoms with E-state index in [2.05, 4.69) is 38.9 Å². The van der Waals surface area contributed by atoms with Crippen molar-refractivity contribution in [1.82, 2.24) is 19.9 Å². The molecule has 0 saturated carbocycles. The number of nitrogens with one attached hydrogen (secondary N) is 1. The van der Waals surface area contributed by atoms with Gasteiger partial charge in [-0.2, -0.15) is 10.1 Å². The van der Waals surface area contributed by atoms with Crippen LogP contribution in [0.25, 0.3) is 0 Å². The Bertz CT molecular complexity index is 487. The van der Waals surface area contributed by atoms with Gasteiger partial charge in [0.2, 0.25) is 6.39 Å². The summed E-state index contributed by atoms with van der Waals surface area (Å²) in [4.78, 5) is 3.92. The van der Waals surface area contributed by atoms with Crippen LogP contribution in [-0.2, 0) is 13.6 Å². The van der Waals surface area contributed by atoms with Crippen molar-refractivity contribution in [2.45, 2.75) is 26.3 Å². The number of anilines is 2. The van der Waals surface area contributed by atoms with Crippen LogP contribution in [0.1, 0.15) is 31.3 Å². The molecule has 0 atom stereocenters. The Labute approximate surface area is 99.0 Å². The van der Waals surface area contributed by atoms with Gasteiger partial charge >= 0.3 is 0 Å². The molecule has 2 aromatic heterocycles. The number of hydrogen-bond acceptors (Lipinski definition) is 6. The van der Waals surface area contributed by atoms with E-state index in [4.69, 9.17) is 5.73 Å². The summed E-state index contributed by atoms with van der Waals surface area (Å²) in [7, 11) is 1.85. The lowest BCUT2D eigenvalue weighted by molar-refractivity contribution is 0.411. The maximum absolute atomic E-state index is 6.03. The lowest BCUT2D eigenvalue weighted by atomic mass is 10.1. The van der Waals surface area contributed by atoms with E-state index in [1.54, 1.807) is 4.68 Å². The number of nitrogen functional groups attached to an aromatic ring is 1. The van der Waals surface area contributed by atoms with Crippen molar-refractivity contribution in [3.8, 4) is 0 Å². The maximum atomic E-state index is 6.03. The van der Waals surface area contributed by atoms with Crippen LogP contribution in [0.5, 0.6) is 0 Å². The Balaban J connectivity index is 2.15. The summed E-state index contributed by atoms with van der Waals surface area (Å²) in [6, 6.07) is 0. The van der Waals surface area contributed by atoms with Gasteiger partial charge in [0, 0.05) is 7.05 Å². The molecule has 7 nitrogen and oxygen atoms in total. The Morgan fingerprint density at radius 1 is 1.53 bits per heavy atom. The number of aryl methyl sites for hydroxylation is 1. The molecule has 0 amide bonds. The minimum absolute atomic E-state index is 0.293. The van der Waals surface area contributed by atoms with Gasteiger partial charge in [-0.15, -0.1) is 0 Å². The molecule has 3 N–H and O–H groups in total. The van der Waals surface area contributed by atoms with Gasteiger partial charge in [-0.05, 0) is 5.92 Å². The molecule has 2 aromatic rings. The molecule has 17 heavy (non-hydrogen) atoms. The van der Waals surface area contributed by atoms with Crippen LogP contribution in [0.15, 0.2) is 10.9 Å². The van der Waals surface area contributed by atoms with Crippen LogP contribution in [0.3, 0.4) is 0 Å². The topological polar surface area (TPSA) is 94.8 Å². The quantitative estimate of drug-likeness (QED) is 0.826. The zero-order valence-electron chi connectivity index (χ0n) is 10.1. The number of nitrogens with two attached hydrogens (primary N) is 1. The van der Waals surface area contributed by atoms with Crippen LogP contribution in [0.2, 0.25) is 0 Å². The second-order valence-electron chi connectivity index (χ2n) is 4.13. The molecule has 7 heteroatoms. The fraction of sp³-hybridized carbons (Fsp3) is 0.500. The zero-order valence-corrected chi connectivity index (χ0v) is 10.1. The molecule has 0 aromatic carbocycles. The fourth-order valence-electron chi connectivity index (χ4n) is 1.63. The Morgan fingerprint density at radius 3 is 2.82 bits per heavy atom. The van der Waals surface area contributed by atoms with Crippen molar-refractivity contribution in [3.05, 3.63) is 17.9 Å². The first-order valence-corrected chi connectivity index (χ1v) is 5.41. The normalized spacial score (nSPS) is 11.1. The highest BCUT2D eigenvalue weighted by Crippen LogP contribution is 2.27. The van der Waals surface area contributed by atoms with Gasteiger partial charge in [-0.3, -0.25) is 4.68 Å². The van der Waals surface area contributed by atoms with Crippen LogP contribution < -0.4 is 11.1 Å². The lowest BCUT2D eigenvalue weighted by Gasteiger charge is -2.05. The molecule has 0 aliphatic rings. The van der Waals surface area contributed by atoms with E-state index in [-0.39, 0.29) is 0 Å². The standard InChI is InChI=1S/C10H16N6O/c1-6(2)9-8(11)10(16(3)14-9)12-4-7-13-5-17-15-7/h5-6,12H,4,11H2,1-3H3. The highest BCUT2D eigenvalue weighted by atomic mass is 16.5. The van der Waals surface area contributed by atoms with Crippen molar-refractivity contribution < 1.29 is 4.52 Å². The number of rotatable bonds is 4. The molecule has 92 valence electrons. The highest BCUT2D eigenvalue weighted by molar-refractivity contribution is 5.65. The van der Waals surface area contributed by atoms with E-state index in [1.807, 2.05) is 7.05 Å². The minimum Gasteiger partial charge on any atom is -0.394 e. The van der Waals surface area contributed by atoms with E-state index in [1.165, 1.54) is 6.39 Å². The molecule has 0 radical (unpaired) electrons. The van der Waals surface area contributed by atoms with E-state index in [0.29, 0.717) is 24.0 Å². The molecule has 2 heterocycles. The summed E-state index contributed by atoms with van der Waals surface area (Å²) in [5.41, 5.74) is 7.60. The van der Waals surface area contributed by atoms with E-state index in [0.717, 1.165) is 11.5 Å². The van der Waals surface area contributed by atoms with Crippen molar-refractivity contribution in [2.75, 3.05) is 11.1 Å². The van der Waals surface area contributed by atoms with Crippen molar-refractivity contribution in [3.63, 3.8) is 0 Å². The maximum Gasteiger partial charge on any atom is 0.213 e. The van der Waals surface area contributed by atoms with Gasteiger partial charge in [0.25, 0.3) is 0 Å². The summed E-state index contributed by atoms with van der Waals surface area (Å²) in [5.74, 6) is 1.65. The van der Waals surface area contributed by atoms with Crippen LogP contribution in [-0.4, -0.2) is 19.9 Å². The largest absolute Gasteiger partial charge is 0.394 e. The first-order valence-electron chi connectivity index (χ1n) is 5.41. The predicted octanol–water partition coefficient (Wildman–Crippen LogP) is 1.12. The average molecular weight is 236 g/mol. The average Bonchev–Trinajstić information content (AvgIpc) is 2.86. The third kappa shape index (κ3) is 2.22. The third-order valence-electron chi connectivity index (χ3n) is 2.48. The van der Waals surface area contributed by atoms with Crippen molar-refractivity contribution in [2.24, 2.45) is 7.05 Å². The van der Waals surface area contributed by atoms with Gasteiger partial charge < -0.3 is 15.6 Å². The summed E-state index contributed by atoms with van der Waals surface area (Å²) < 4.78 is 6.38. The first kappa shape index (κ1) is 11.4. The molecular formula is C10H16N6O. The molecular weight excluding hydrogens is 220 g/mol. The van der Waals surface area contributed by atoms with Gasteiger partial charge in [0.1, 0.15) is 5.82 Å². The SMILES string of the molecule is CC(C)c1nn(C)c(NCc2ncon2)c1N. The smallest absolute Gasteiger partial charge is 0.213 e. The molecule has 0 bridgehead atoms. The molecule has 0 aliphatic carbocycles. The van der Waals surface area contributed by atoms with Crippen LogP contribution in [0, 0.1) is 0 Å². The van der Waals surface area contributed by atoms with E-state index in [9.17, 15) is 0 Å². The summed E-state index contributed by atoms with van der Waals surface area (Å²) >= 11 is 0. The zero-order chi connectivity index (χ0) is 12.4. The Kier molecular flexibility index (Phi) is 2.99.